The second kappa shape index (κ2) is 10.5. The highest BCUT2D eigenvalue weighted by atomic mass is 19.3. The minimum absolute atomic E-state index is 0.0117. The fraction of sp³-hybridized carbons (Fsp3) is 0.464. The lowest BCUT2D eigenvalue weighted by molar-refractivity contribution is -0.286. The average Bonchev–Trinajstić information content (AvgIpc) is 3.21. The molecule has 3 aliphatic rings. The van der Waals surface area contributed by atoms with Gasteiger partial charge in [0.15, 0.2) is 11.5 Å². The summed E-state index contributed by atoms with van der Waals surface area (Å²) in [6.07, 6.45) is 5.71. The summed E-state index contributed by atoms with van der Waals surface area (Å²) in [5.74, 6) is 1.30. The number of ether oxygens (including phenoxy) is 3. The molecule has 0 spiro atoms. The number of nitrogens with zero attached hydrogens (tertiary/aromatic N) is 1. The molecule has 1 amide bonds. The molecule has 192 valence electrons. The fourth-order valence-corrected chi connectivity index (χ4v) is 5.66. The van der Waals surface area contributed by atoms with Crippen molar-refractivity contribution in [3.05, 3.63) is 59.7 Å². The Kier molecular flexibility index (Phi) is 7.14. The normalized spacial score (nSPS) is 24.1. The van der Waals surface area contributed by atoms with E-state index < -0.39 is 6.29 Å². The van der Waals surface area contributed by atoms with Crippen molar-refractivity contribution in [1.29, 1.82) is 0 Å². The number of piperidine rings is 1. The Labute approximate surface area is 210 Å². The number of carbonyl (C=O) groups excluding carboxylic acids is 1. The Balaban J connectivity index is 1.06. The van der Waals surface area contributed by atoms with Gasteiger partial charge in [-0.1, -0.05) is 24.3 Å². The third-order valence-electron chi connectivity index (χ3n) is 7.52. The van der Waals surface area contributed by atoms with E-state index in [1.165, 1.54) is 23.8 Å². The van der Waals surface area contributed by atoms with E-state index in [-0.39, 0.29) is 23.4 Å². The average molecular weight is 499 g/mol. The predicted octanol–water partition coefficient (Wildman–Crippen LogP) is 5.34. The van der Waals surface area contributed by atoms with Crippen LogP contribution in [0.15, 0.2) is 48.5 Å². The van der Waals surface area contributed by atoms with Crippen LogP contribution in [0, 0.1) is 0 Å². The van der Waals surface area contributed by atoms with E-state index in [1.807, 2.05) is 12.1 Å². The Morgan fingerprint density at radius 1 is 1.03 bits per heavy atom. The minimum Gasteiger partial charge on any atom is -0.496 e. The molecule has 1 aliphatic carbocycles. The third-order valence-corrected chi connectivity index (χ3v) is 7.52. The van der Waals surface area contributed by atoms with E-state index in [9.17, 15) is 13.6 Å². The van der Waals surface area contributed by atoms with Gasteiger partial charge in [-0.3, -0.25) is 4.79 Å². The smallest absolute Gasteiger partial charge is 0.496 e. The molecule has 0 atom stereocenters. The number of fused-ring (bicyclic) bond motifs is 1. The molecular weight excluding hydrogens is 466 g/mol. The monoisotopic (exact) mass is 498 g/mol. The number of halogens is 2. The van der Waals surface area contributed by atoms with Crippen molar-refractivity contribution in [1.82, 2.24) is 10.2 Å². The Hall–Kier alpha value is -3.13. The number of likely N-dealkylation sites (tertiary alicyclic amines) is 1. The van der Waals surface area contributed by atoms with Crippen LogP contribution in [-0.2, 0) is 4.79 Å². The molecule has 36 heavy (non-hydrogen) atoms. The minimum atomic E-state index is -3.65. The number of amides is 1. The number of carbonyl (C=O) groups is 1. The Morgan fingerprint density at radius 2 is 1.75 bits per heavy atom. The van der Waals surface area contributed by atoms with Gasteiger partial charge in [-0.2, -0.15) is 0 Å². The zero-order chi connectivity index (χ0) is 25.1. The molecule has 8 heteroatoms. The molecule has 2 aromatic rings. The van der Waals surface area contributed by atoms with Gasteiger partial charge in [0.1, 0.15) is 5.75 Å². The van der Waals surface area contributed by atoms with Crippen LogP contribution in [0.25, 0.3) is 6.08 Å². The van der Waals surface area contributed by atoms with Crippen molar-refractivity contribution in [2.24, 2.45) is 0 Å². The zero-order valence-corrected chi connectivity index (χ0v) is 20.4. The van der Waals surface area contributed by atoms with Crippen molar-refractivity contribution in [2.75, 3.05) is 20.2 Å². The van der Waals surface area contributed by atoms with Crippen LogP contribution in [0.5, 0.6) is 17.2 Å². The summed E-state index contributed by atoms with van der Waals surface area (Å²) in [4.78, 5) is 15.1. The number of hydrogen-bond acceptors (Lipinski definition) is 5. The van der Waals surface area contributed by atoms with Gasteiger partial charge in [-0.05, 0) is 92.9 Å². The van der Waals surface area contributed by atoms with Crippen LogP contribution in [0.2, 0.25) is 0 Å². The van der Waals surface area contributed by atoms with Crippen LogP contribution in [0.4, 0.5) is 8.78 Å². The van der Waals surface area contributed by atoms with Gasteiger partial charge in [-0.25, -0.2) is 0 Å². The summed E-state index contributed by atoms with van der Waals surface area (Å²) in [5, 5.41) is 3.09. The van der Waals surface area contributed by atoms with E-state index in [4.69, 9.17) is 4.74 Å². The van der Waals surface area contributed by atoms with Crippen molar-refractivity contribution in [2.45, 2.75) is 62.8 Å². The SMILES string of the molecule is COc1ccccc1C1CCN(C2CCC(NC(=O)/C=C/c3ccc4c(c3)OC(F)(F)O4)CC2)CC1. The van der Waals surface area contributed by atoms with Crippen molar-refractivity contribution < 1.29 is 27.8 Å². The molecule has 1 saturated heterocycles. The molecular formula is C28H32F2N2O4. The zero-order valence-electron chi connectivity index (χ0n) is 20.4. The Bertz CT molecular complexity index is 1110. The number of rotatable bonds is 6. The maximum Gasteiger partial charge on any atom is 0.586 e. The first-order valence-electron chi connectivity index (χ1n) is 12.7. The van der Waals surface area contributed by atoms with Crippen molar-refractivity contribution in [3.8, 4) is 17.2 Å². The summed E-state index contributed by atoms with van der Waals surface area (Å²) < 4.78 is 40.8. The van der Waals surface area contributed by atoms with Crippen LogP contribution in [0.1, 0.15) is 55.6 Å². The lowest BCUT2D eigenvalue weighted by atomic mass is 9.85. The summed E-state index contributed by atoms with van der Waals surface area (Å²) >= 11 is 0. The molecule has 0 radical (unpaired) electrons. The highest BCUT2D eigenvalue weighted by Gasteiger charge is 2.43. The van der Waals surface area contributed by atoms with E-state index in [1.54, 1.807) is 19.3 Å². The highest BCUT2D eigenvalue weighted by Crippen LogP contribution is 2.41. The topological polar surface area (TPSA) is 60.0 Å². The molecule has 2 aromatic carbocycles. The fourth-order valence-electron chi connectivity index (χ4n) is 5.66. The maximum absolute atomic E-state index is 13.2. The largest absolute Gasteiger partial charge is 0.586 e. The van der Waals surface area contributed by atoms with Crippen molar-refractivity contribution >= 4 is 12.0 Å². The molecule has 6 nitrogen and oxygen atoms in total. The van der Waals surface area contributed by atoms with E-state index in [2.05, 4.69) is 31.8 Å². The van der Waals surface area contributed by atoms with Crippen molar-refractivity contribution in [3.63, 3.8) is 0 Å². The second-order valence-corrected chi connectivity index (χ2v) is 9.77. The molecule has 1 saturated carbocycles. The number of para-hydroxylation sites is 1. The summed E-state index contributed by atoms with van der Waals surface area (Å²) in [5.41, 5.74) is 1.91. The summed E-state index contributed by atoms with van der Waals surface area (Å²) in [6, 6.07) is 13.5. The number of nitrogens with one attached hydrogen (secondary N) is 1. The molecule has 0 bridgehead atoms. The number of alkyl halides is 2. The van der Waals surface area contributed by atoms with Gasteiger partial charge in [-0.15, -0.1) is 8.78 Å². The first-order chi connectivity index (χ1) is 17.4. The maximum atomic E-state index is 13.2. The first kappa shape index (κ1) is 24.6. The molecule has 5 rings (SSSR count). The highest BCUT2D eigenvalue weighted by molar-refractivity contribution is 5.92. The van der Waals surface area contributed by atoms with Gasteiger partial charge in [0.05, 0.1) is 7.11 Å². The molecule has 2 heterocycles. The van der Waals surface area contributed by atoms with Gasteiger partial charge in [0, 0.05) is 18.2 Å². The van der Waals surface area contributed by atoms with E-state index in [0.29, 0.717) is 17.5 Å². The van der Waals surface area contributed by atoms with Gasteiger partial charge >= 0.3 is 6.29 Å². The summed E-state index contributed by atoms with van der Waals surface area (Å²) in [7, 11) is 1.74. The standard InChI is InChI=1S/C28H32F2N2O4/c1-34-24-5-3-2-4-23(24)20-14-16-32(17-15-20)22-10-8-21(9-11-22)31-27(33)13-7-19-6-12-25-26(18-19)36-28(29,30)35-25/h2-7,12-13,18,20-22H,8-11,14-17H2,1H3,(H,31,33)/b13-7+. The quantitative estimate of drug-likeness (QED) is 0.545. The molecule has 1 N–H and O–H groups in total. The van der Waals surface area contributed by atoms with Crippen LogP contribution < -0.4 is 19.5 Å². The van der Waals surface area contributed by atoms with Gasteiger partial charge in [0.25, 0.3) is 0 Å². The Morgan fingerprint density at radius 3 is 2.50 bits per heavy atom. The van der Waals surface area contributed by atoms with Crippen LogP contribution in [0.3, 0.4) is 0 Å². The third kappa shape index (κ3) is 5.64. The number of benzene rings is 2. The van der Waals surface area contributed by atoms with Crippen LogP contribution in [-0.4, -0.2) is 49.4 Å². The predicted molar refractivity (Wildman–Crippen MR) is 132 cm³/mol. The second-order valence-electron chi connectivity index (χ2n) is 9.77. The van der Waals surface area contributed by atoms with Gasteiger partial charge in [0.2, 0.25) is 5.91 Å². The van der Waals surface area contributed by atoms with Crippen LogP contribution >= 0.6 is 0 Å². The molecule has 0 unspecified atom stereocenters. The lowest BCUT2D eigenvalue weighted by Crippen LogP contribution is -2.46. The first-order valence-corrected chi connectivity index (χ1v) is 12.7. The van der Waals surface area contributed by atoms with E-state index in [0.717, 1.165) is 57.4 Å². The van der Waals surface area contributed by atoms with E-state index >= 15 is 0 Å². The summed E-state index contributed by atoms with van der Waals surface area (Å²) in [6.45, 7) is 2.18. The molecule has 0 aromatic heterocycles. The molecule has 2 fully saturated rings. The lowest BCUT2D eigenvalue weighted by Gasteiger charge is -2.41. The number of methoxy groups -OCH3 is 1. The molecule has 2 aliphatic heterocycles. The van der Waals surface area contributed by atoms with Gasteiger partial charge < -0.3 is 24.4 Å². The number of hydrogen-bond donors (Lipinski definition) is 1.